The highest BCUT2D eigenvalue weighted by Crippen LogP contribution is 2.19. The Morgan fingerprint density at radius 3 is 2.57 bits per heavy atom. The van der Waals surface area contributed by atoms with Gasteiger partial charge in [-0.05, 0) is 31.2 Å². The summed E-state index contributed by atoms with van der Waals surface area (Å²) in [6.07, 6.45) is 1.89. The van der Waals surface area contributed by atoms with E-state index in [4.69, 9.17) is 0 Å². The van der Waals surface area contributed by atoms with Crippen LogP contribution < -0.4 is 10.6 Å². The summed E-state index contributed by atoms with van der Waals surface area (Å²) in [7, 11) is -3.44. The Hall–Kier alpha value is -1.47. The van der Waals surface area contributed by atoms with Gasteiger partial charge in [-0.2, -0.15) is 0 Å². The zero-order valence-electron chi connectivity index (χ0n) is 12.4. The van der Waals surface area contributed by atoms with Crippen molar-refractivity contribution in [3.8, 4) is 0 Å². The second-order valence-electron chi connectivity index (χ2n) is 5.17. The Kier molecular flexibility index (Phi) is 6.29. The molecule has 1 aromatic carbocycles. The molecule has 1 rings (SSSR count). The first kappa shape index (κ1) is 17.6. The number of hydrogen-bond donors (Lipinski definition) is 2. The highest BCUT2D eigenvalue weighted by molar-refractivity contribution is 7.90. The third-order valence-corrected chi connectivity index (χ3v) is 3.88. The minimum atomic E-state index is -3.44. The highest BCUT2D eigenvalue weighted by Gasteiger charge is 2.13. The number of anilines is 1. The summed E-state index contributed by atoms with van der Waals surface area (Å²) in [5.74, 6) is -0.999. The van der Waals surface area contributed by atoms with Crippen LogP contribution in [0.5, 0.6) is 0 Å². The summed E-state index contributed by atoms with van der Waals surface area (Å²) < 4.78 is 36.4. The minimum absolute atomic E-state index is 0.0272. The van der Waals surface area contributed by atoms with Crippen LogP contribution in [0.15, 0.2) is 23.1 Å². The van der Waals surface area contributed by atoms with Gasteiger partial charge in [0.15, 0.2) is 9.84 Å². The third-order valence-electron chi connectivity index (χ3n) is 2.77. The first-order chi connectivity index (χ1) is 9.70. The van der Waals surface area contributed by atoms with Gasteiger partial charge in [-0.25, -0.2) is 12.8 Å². The molecule has 0 saturated heterocycles. The molecular weight excluding hydrogens is 295 g/mol. The molecule has 2 N–H and O–H groups in total. The summed E-state index contributed by atoms with van der Waals surface area (Å²) in [6.45, 7) is 4.70. The van der Waals surface area contributed by atoms with Crippen molar-refractivity contribution in [1.29, 1.82) is 0 Å². The maximum Gasteiger partial charge on any atom is 0.224 e. The van der Waals surface area contributed by atoms with Crippen molar-refractivity contribution in [2.24, 2.45) is 0 Å². The maximum absolute atomic E-state index is 13.6. The quantitative estimate of drug-likeness (QED) is 0.595. The van der Waals surface area contributed by atoms with Gasteiger partial charge in [0.1, 0.15) is 5.82 Å². The van der Waals surface area contributed by atoms with E-state index in [1.54, 1.807) is 0 Å². The average molecular weight is 316 g/mol. The second-order valence-corrected chi connectivity index (χ2v) is 7.19. The fraction of sp³-hybridized carbons (Fsp3) is 0.500. The Balaban J connectivity index is 2.64. The van der Waals surface area contributed by atoms with Crippen molar-refractivity contribution in [2.45, 2.75) is 37.6 Å². The second kappa shape index (κ2) is 7.51. The monoisotopic (exact) mass is 316 g/mol. The van der Waals surface area contributed by atoms with Crippen LogP contribution in [0.1, 0.15) is 26.7 Å². The Bertz CT molecular complexity index is 600. The lowest BCUT2D eigenvalue weighted by Gasteiger charge is -2.09. The average Bonchev–Trinajstić information content (AvgIpc) is 2.36. The van der Waals surface area contributed by atoms with E-state index in [1.165, 1.54) is 6.07 Å². The van der Waals surface area contributed by atoms with Gasteiger partial charge < -0.3 is 10.6 Å². The van der Waals surface area contributed by atoms with E-state index in [9.17, 15) is 17.6 Å². The zero-order valence-corrected chi connectivity index (χ0v) is 13.3. The largest absolute Gasteiger partial charge is 0.324 e. The topological polar surface area (TPSA) is 75.3 Å². The molecule has 21 heavy (non-hydrogen) atoms. The van der Waals surface area contributed by atoms with E-state index in [2.05, 4.69) is 10.6 Å². The molecular formula is C14H21FN2O3S. The van der Waals surface area contributed by atoms with E-state index in [0.29, 0.717) is 19.0 Å². The fourth-order valence-corrected chi connectivity index (χ4v) is 2.33. The highest BCUT2D eigenvalue weighted by atomic mass is 32.2. The lowest BCUT2D eigenvalue weighted by atomic mass is 10.2. The van der Waals surface area contributed by atoms with E-state index >= 15 is 0 Å². The van der Waals surface area contributed by atoms with Gasteiger partial charge in [-0.3, -0.25) is 4.79 Å². The molecule has 7 heteroatoms. The number of hydrogen-bond acceptors (Lipinski definition) is 4. The van der Waals surface area contributed by atoms with Gasteiger partial charge in [0.25, 0.3) is 0 Å². The van der Waals surface area contributed by atoms with Crippen LogP contribution >= 0.6 is 0 Å². The van der Waals surface area contributed by atoms with Crippen LogP contribution in [-0.4, -0.2) is 33.2 Å². The molecule has 0 aromatic heterocycles. The lowest BCUT2D eigenvalue weighted by molar-refractivity contribution is -0.116. The smallest absolute Gasteiger partial charge is 0.224 e. The third kappa shape index (κ3) is 6.22. The van der Waals surface area contributed by atoms with Crippen LogP contribution in [0.25, 0.3) is 0 Å². The van der Waals surface area contributed by atoms with E-state index in [0.717, 1.165) is 18.4 Å². The number of carbonyl (C=O) groups is 1. The predicted octanol–water partition coefficient (Wildman–Crippen LogP) is 1.95. The molecule has 0 aliphatic carbocycles. The number of benzene rings is 1. The number of carbonyl (C=O) groups excluding carboxylic acids is 1. The summed E-state index contributed by atoms with van der Waals surface area (Å²) in [6, 6.07) is 3.69. The molecule has 0 heterocycles. The van der Waals surface area contributed by atoms with Crippen molar-refractivity contribution >= 4 is 21.4 Å². The maximum atomic E-state index is 13.6. The minimum Gasteiger partial charge on any atom is -0.324 e. The molecule has 0 atom stereocenters. The van der Waals surface area contributed by atoms with E-state index in [1.807, 2.05) is 13.8 Å². The molecule has 0 aliphatic heterocycles. The van der Waals surface area contributed by atoms with Crippen LogP contribution in [-0.2, 0) is 14.6 Å². The summed E-state index contributed by atoms with van der Waals surface area (Å²) in [4.78, 5) is 11.7. The van der Waals surface area contributed by atoms with Gasteiger partial charge in [-0.1, -0.05) is 13.8 Å². The zero-order chi connectivity index (χ0) is 16.0. The van der Waals surface area contributed by atoms with Gasteiger partial charge in [-0.15, -0.1) is 0 Å². The van der Waals surface area contributed by atoms with Crippen molar-refractivity contribution < 1.29 is 17.6 Å². The number of rotatable bonds is 7. The van der Waals surface area contributed by atoms with Gasteiger partial charge in [0.05, 0.1) is 10.6 Å². The lowest BCUT2D eigenvalue weighted by Crippen LogP contribution is -2.24. The Morgan fingerprint density at radius 1 is 1.33 bits per heavy atom. The van der Waals surface area contributed by atoms with E-state index < -0.39 is 15.7 Å². The Labute approximate surface area is 124 Å². The SMILES string of the molecule is CC(C)NCCCC(=O)Nc1cc(S(C)(=O)=O)ccc1F. The molecule has 0 spiro atoms. The number of sulfone groups is 1. The molecule has 0 saturated carbocycles. The van der Waals surface area contributed by atoms with E-state index in [-0.39, 0.29) is 22.9 Å². The normalized spacial score (nSPS) is 11.7. The molecule has 0 aliphatic rings. The molecule has 0 unspecified atom stereocenters. The standard InChI is InChI=1S/C14H21FN2O3S/c1-10(2)16-8-4-5-14(18)17-13-9-11(21(3,19)20)6-7-12(13)15/h6-7,9-10,16H,4-5,8H2,1-3H3,(H,17,18). The van der Waals surface area contributed by atoms with Crippen LogP contribution in [0, 0.1) is 5.82 Å². The van der Waals surface area contributed by atoms with Gasteiger partial charge >= 0.3 is 0 Å². The number of amides is 1. The summed E-state index contributed by atoms with van der Waals surface area (Å²) >= 11 is 0. The van der Waals surface area contributed by atoms with Crippen LogP contribution in [0.2, 0.25) is 0 Å². The van der Waals surface area contributed by atoms with Crippen molar-refractivity contribution in [1.82, 2.24) is 5.32 Å². The molecule has 1 amide bonds. The molecule has 118 valence electrons. The summed E-state index contributed by atoms with van der Waals surface area (Å²) in [5, 5.41) is 5.58. The molecule has 0 bridgehead atoms. The van der Waals surface area contributed by atoms with Crippen molar-refractivity contribution in [3.05, 3.63) is 24.0 Å². The van der Waals surface area contributed by atoms with Crippen LogP contribution in [0.3, 0.4) is 0 Å². The fourth-order valence-electron chi connectivity index (χ4n) is 1.68. The molecule has 1 aromatic rings. The summed E-state index contributed by atoms with van der Waals surface area (Å²) in [5.41, 5.74) is -0.111. The predicted molar refractivity (Wildman–Crippen MR) is 80.5 cm³/mol. The van der Waals surface area contributed by atoms with Crippen molar-refractivity contribution in [2.75, 3.05) is 18.1 Å². The van der Waals surface area contributed by atoms with Gasteiger partial charge in [0.2, 0.25) is 5.91 Å². The molecule has 0 fully saturated rings. The number of nitrogens with one attached hydrogen (secondary N) is 2. The van der Waals surface area contributed by atoms with Crippen LogP contribution in [0.4, 0.5) is 10.1 Å². The number of halogens is 1. The van der Waals surface area contributed by atoms with Gasteiger partial charge in [0, 0.05) is 18.7 Å². The first-order valence-corrected chi connectivity index (χ1v) is 8.62. The Morgan fingerprint density at radius 2 is 2.00 bits per heavy atom. The van der Waals surface area contributed by atoms with Crippen molar-refractivity contribution in [3.63, 3.8) is 0 Å². The molecule has 5 nitrogen and oxygen atoms in total. The first-order valence-electron chi connectivity index (χ1n) is 6.73. The molecule has 0 radical (unpaired) electrons.